The van der Waals surface area contributed by atoms with Crippen molar-refractivity contribution in [2.24, 2.45) is 11.7 Å². The zero-order chi connectivity index (χ0) is 10.6. The van der Waals surface area contributed by atoms with Crippen LogP contribution < -0.4 is 5.73 Å². The van der Waals surface area contributed by atoms with Gasteiger partial charge in [0.25, 0.3) is 0 Å². The second kappa shape index (κ2) is 4.78. The fourth-order valence-electron chi connectivity index (χ4n) is 1.82. The fraction of sp³-hybridized carbons (Fsp3) is 0.909. The van der Waals surface area contributed by atoms with E-state index < -0.39 is 5.54 Å². The van der Waals surface area contributed by atoms with Gasteiger partial charge in [-0.2, -0.15) is 0 Å². The van der Waals surface area contributed by atoms with E-state index in [4.69, 9.17) is 10.5 Å². The Kier molecular flexibility index (Phi) is 3.93. The summed E-state index contributed by atoms with van der Waals surface area (Å²) in [5.41, 5.74) is 5.34. The highest BCUT2D eigenvalue weighted by molar-refractivity contribution is 5.80. The van der Waals surface area contributed by atoms with E-state index in [0.717, 1.165) is 32.1 Å². The Balaban J connectivity index is 2.44. The molecule has 0 unspecified atom stereocenters. The van der Waals surface area contributed by atoms with Crippen molar-refractivity contribution in [1.29, 1.82) is 0 Å². The van der Waals surface area contributed by atoms with Crippen LogP contribution in [0.25, 0.3) is 0 Å². The van der Waals surface area contributed by atoms with Crippen LogP contribution >= 0.6 is 0 Å². The number of hydrogen-bond acceptors (Lipinski definition) is 3. The zero-order valence-corrected chi connectivity index (χ0v) is 9.21. The number of hydrogen-bond donors (Lipinski definition) is 1. The van der Waals surface area contributed by atoms with Gasteiger partial charge in [-0.1, -0.05) is 13.8 Å². The first-order chi connectivity index (χ1) is 6.58. The Hall–Kier alpha value is -0.570. The summed E-state index contributed by atoms with van der Waals surface area (Å²) >= 11 is 0. The van der Waals surface area contributed by atoms with Crippen LogP contribution in [0.4, 0.5) is 0 Å². The molecule has 0 amide bonds. The monoisotopic (exact) mass is 199 g/mol. The first-order valence-electron chi connectivity index (χ1n) is 5.54. The van der Waals surface area contributed by atoms with Crippen LogP contribution in [0, 0.1) is 5.92 Å². The van der Waals surface area contributed by atoms with Crippen molar-refractivity contribution < 1.29 is 9.53 Å². The number of carbonyl (C=O) groups is 1. The average molecular weight is 199 g/mol. The first kappa shape index (κ1) is 11.5. The second-order valence-corrected chi connectivity index (χ2v) is 4.47. The summed E-state index contributed by atoms with van der Waals surface area (Å²) in [4.78, 5) is 11.6. The molecule has 1 fully saturated rings. The van der Waals surface area contributed by atoms with Gasteiger partial charge in [-0.25, -0.2) is 0 Å². The van der Waals surface area contributed by atoms with E-state index in [-0.39, 0.29) is 5.97 Å². The van der Waals surface area contributed by atoms with Gasteiger partial charge in [-0.05, 0) is 38.0 Å². The van der Waals surface area contributed by atoms with E-state index in [9.17, 15) is 4.79 Å². The quantitative estimate of drug-likeness (QED) is 0.706. The number of carbonyl (C=O) groups excluding carboxylic acids is 1. The van der Waals surface area contributed by atoms with Crippen LogP contribution in [-0.2, 0) is 9.53 Å². The molecule has 1 saturated carbocycles. The minimum Gasteiger partial charge on any atom is -0.464 e. The summed E-state index contributed by atoms with van der Waals surface area (Å²) in [6.07, 6.45) is 4.49. The van der Waals surface area contributed by atoms with Crippen molar-refractivity contribution in [2.45, 2.75) is 51.5 Å². The summed E-state index contributed by atoms with van der Waals surface area (Å²) in [6, 6.07) is 0. The van der Waals surface area contributed by atoms with Gasteiger partial charge < -0.3 is 10.5 Å². The lowest BCUT2D eigenvalue weighted by Gasteiger charge is -2.33. The molecule has 0 bridgehead atoms. The van der Waals surface area contributed by atoms with Crippen LogP contribution in [0.5, 0.6) is 0 Å². The number of rotatable bonds is 3. The van der Waals surface area contributed by atoms with Crippen molar-refractivity contribution >= 4 is 5.97 Å². The molecule has 82 valence electrons. The zero-order valence-electron chi connectivity index (χ0n) is 9.21. The van der Waals surface area contributed by atoms with Gasteiger partial charge in [0.1, 0.15) is 5.54 Å². The molecule has 1 rings (SSSR count). The van der Waals surface area contributed by atoms with Crippen LogP contribution in [-0.4, -0.2) is 18.1 Å². The fourth-order valence-corrected chi connectivity index (χ4v) is 1.82. The van der Waals surface area contributed by atoms with Crippen LogP contribution in [0.15, 0.2) is 0 Å². The third-order valence-corrected chi connectivity index (χ3v) is 3.01. The summed E-state index contributed by atoms with van der Waals surface area (Å²) < 4.78 is 5.10. The van der Waals surface area contributed by atoms with E-state index in [1.54, 1.807) is 0 Å². The maximum absolute atomic E-state index is 11.6. The van der Waals surface area contributed by atoms with Crippen molar-refractivity contribution in [1.82, 2.24) is 0 Å². The molecule has 0 spiro atoms. The highest BCUT2D eigenvalue weighted by atomic mass is 16.5. The molecule has 0 aromatic carbocycles. The van der Waals surface area contributed by atoms with Crippen molar-refractivity contribution in [3.8, 4) is 0 Å². The second-order valence-electron chi connectivity index (χ2n) is 4.47. The maximum atomic E-state index is 11.6. The predicted octanol–water partition coefficient (Wildman–Crippen LogP) is 1.85. The molecule has 0 aromatic heterocycles. The topological polar surface area (TPSA) is 52.3 Å². The third kappa shape index (κ3) is 2.71. The van der Waals surface area contributed by atoms with Crippen molar-refractivity contribution in [2.75, 3.05) is 6.61 Å². The van der Waals surface area contributed by atoms with E-state index in [1.807, 2.05) is 6.92 Å². The van der Waals surface area contributed by atoms with E-state index in [2.05, 4.69) is 6.92 Å². The molecule has 3 nitrogen and oxygen atoms in total. The Morgan fingerprint density at radius 2 is 2.07 bits per heavy atom. The number of esters is 1. The lowest BCUT2D eigenvalue weighted by atomic mass is 9.78. The van der Waals surface area contributed by atoms with Gasteiger partial charge in [0, 0.05) is 0 Å². The molecule has 1 aliphatic carbocycles. The maximum Gasteiger partial charge on any atom is 0.326 e. The van der Waals surface area contributed by atoms with E-state index in [1.165, 1.54) is 0 Å². The van der Waals surface area contributed by atoms with Gasteiger partial charge in [0.15, 0.2) is 0 Å². The molecule has 0 aromatic rings. The lowest BCUT2D eigenvalue weighted by Crippen LogP contribution is -2.51. The summed E-state index contributed by atoms with van der Waals surface area (Å²) in [5.74, 6) is 0.497. The Morgan fingerprint density at radius 1 is 1.50 bits per heavy atom. The SMILES string of the molecule is CCCOC(=O)C1(N)CCC(C)CC1. The average Bonchev–Trinajstić information content (AvgIpc) is 2.19. The molecule has 1 aliphatic rings. The lowest BCUT2D eigenvalue weighted by molar-refractivity contribution is -0.151. The smallest absolute Gasteiger partial charge is 0.326 e. The molecule has 0 atom stereocenters. The first-order valence-corrected chi connectivity index (χ1v) is 5.54. The normalized spacial score (nSPS) is 32.6. The summed E-state index contributed by atoms with van der Waals surface area (Å²) in [5, 5.41) is 0. The number of ether oxygens (including phenoxy) is 1. The highest BCUT2D eigenvalue weighted by Gasteiger charge is 2.38. The van der Waals surface area contributed by atoms with Crippen LogP contribution in [0.2, 0.25) is 0 Å². The molecular formula is C11H21NO2. The van der Waals surface area contributed by atoms with Crippen molar-refractivity contribution in [3.63, 3.8) is 0 Å². The van der Waals surface area contributed by atoms with E-state index in [0.29, 0.717) is 12.5 Å². The van der Waals surface area contributed by atoms with Gasteiger partial charge in [-0.15, -0.1) is 0 Å². The minimum atomic E-state index is -0.693. The molecule has 0 radical (unpaired) electrons. The number of nitrogens with two attached hydrogens (primary N) is 1. The third-order valence-electron chi connectivity index (χ3n) is 3.01. The van der Waals surface area contributed by atoms with Gasteiger partial charge in [0.2, 0.25) is 0 Å². The molecule has 0 aliphatic heterocycles. The van der Waals surface area contributed by atoms with Gasteiger partial charge >= 0.3 is 5.97 Å². The van der Waals surface area contributed by atoms with Crippen LogP contribution in [0.3, 0.4) is 0 Å². The predicted molar refractivity (Wildman–Crippen MR) is 55.8 cm³/mol. The highest BCUT2D eigenvalue weighted by Crippen LogP contribution is 2.30. The largest absolute Gasteiger partial charge is 0.464 e. The van der Waals surface area contributed by atoms with E-state index >= 15 is 0 Å². The molecule has 0 saturated heterocycles. The Labute approximate surface area is 86.0 Å². The molecular weight excluding hydrogens is 178 g/mol. The summed E-state index contributed by atoms with van der Waals surface area (Å²) in [7, 11) is 0. The Bertz CT molecular complexity index is 195. The molecule has 2 N–H and O–H groups in total. The molecule has 0 heterocycles. The summed E-state index contributed by atoms with van der Waals surface area (Å²) in [6.45, 7) is 4.68. The van der Waals surface area contributed by atoms with Gasteiger partial charge in [0.05, 0.1) is 6.61 Å². The standard InChI is InChI=1S/C11H21NO2/c1-3-8-14-10(13)11(12)6-4-9(2)5-7-11/h9H,3-8,12H2,1-2H3. The Morgan fingerprint density at radius 3 is 2.57 bits per heavy atom. The van der Waals surface area contributed by atoms with Crippen molar-refractivity contribution in [3.05, 3.63) is 0 Å². The minimum absolute atomic E-state index is 0.203. The van der Waals surface area contributed by atoms with Crippen LogP contribution in [0.1, 0.15) is 46.0 Å². The van der Waals surface area contributed by atoms with Gasteiger partial charge in [-0.3, -0.25) is 4.79 Å². The molecule has 3 heteroatoms. The molecule has 14 heavy (non-hydrogen) atoms.